The Morgan fingerprint density at radius 3 is 2.54 bits per heavy atom. The molecule has 1 amide bonds. The molecule has 3 rings (SSSR count). The van der Waals surface area contributed by atoms with Crippen molar-refractivity contribution >= 4 is 32.7 Å². The Hall–Kier alpha value is -2.87. The second-order valence-electron chi connectivity index (χ2n) is 6.08. The van der Waals surface area contributed by atoms with E-state index in [1.54, 1.807) is 37.3 Å². The molecule has 7 nitrogen and oxygen atoms in total. The molecule has 0 bridgehead atoms. The SMILES string of the molecule is COc1cc2nc(C)n(CCNC(=O)c3ccccc3Br)c(=O)c2cc1OC. The van der Waals surface area contributed by atoms with Gasteiger partial charge in [0.1, 0.15) is 5.82 Å². The predicted molar refractivity (Wildman–Crippen MR) is 110 cm³/mol. The summed E-state index contributed by atoms with van der Waals surface area (Å²) < 4.78 is 12.8. The average molecular weight is 446 g/mol. The van der Waals surface area contributed by atoms with Crippen LogP contribution in [0.4, 0.5) is 0 Å². The maximum Gasteiger partial charge on any atom is 0.261 e. The number of nitrogens with zero attached hydrogens (tertiary/aromatic N) is 2. The van der Waals surface area contributed by atoms with Crippen LogP contribution in [0.15, 0.2) is 45.7 Å². The van der Waals surface area contributed by atoms with Crippen molar-refractivity contribution in [2.45, 2.75) is 13.5 Å². The number of carbonyl (C=O) groups is 1. The Morgan fingerprint density at radius 2 is 1.86 bits per heavy atom. The van der Waals surface area contributed by atoms with Crippen LogP contribution >= 0.6 is 15.9 Å². The van der Waals surface area contributed by atoms with Crippen LogP contribution in [0.3, 0.4) is 0 Å². The van der Waals surface area contributed by atoms with E-state index < -0.39 is 0 Å². The van der Waals surface area contributed by atoms with Gasteiger partial charge in [0.25, 0.3) is 11.5 Å². The molecule has 0 saturated heterocycles. The highest BCUT2D eigenvalue weighted by Gasteiger charge is 2.14. The van der Waals surface area contributed by atoms with Crippen molar-refractivity contribution in [2.24, 2.45) is 0 Å². The number of nitrogens with one attached hydrogen (secondary N) is 1. The minimum absolute atomic E-state index is 0.196. The number of aromatic nitrogens is 2. The molecule has 1 N–H and O–H groups in total. The van der Waals surface area contributed by atoms with Crippen molar-refractivity contribution in [2.75, 3.05) is 20.8 Å². The van der Waals surface area contributed by atoms with E-state index in [0.29, 0.717) is 51.4 Å². The smallest absolute Gasteiger partial charge is 0.261 e. The molecule has 0 aliphatic rings. The lowest BCUT2D eigenvalue weighted by molar-refractivity contribution is 0.0951. The molecule has 0 atom stereocenters. The van der Waals surface area contributed by atoms with Gasteiger partial charge in [-0.2, -0.15) is 0 Å². The number of hydrogen-bond donors (Lipinski definition) is 1. The van der Waals surface area contributed by atoms with Crippen LogP contribution in [0.5, 0.6) is 11.5 Å². The van der Waals surface area contributed by atoms with Crippen LogP contribution in [0.1, 0.15) is 16.2 Å². The molecular formula is C20H20BrN3O4. The summed E-state index contributed by atoms with van der Waals surface area (Å²) in [7, 11) is 3.05. The number of fused-ring (bicyclic) bond motifs is 1. The lowest BCUT2D eigenvalue weighted by atomic mass is 10.2. The zero-order valence-corrected chi connectivity index (χ0v) is 17.4. The molecule has 1 heterocycles. The van der Waals surface area contributed by atoms with E-state index in [4.69, 9.17) is 9.47 Å². The molecule has 28 heavy (non-hydrogen) atoms. The van der Waals surface area contributed by atoms with Gasteiger partial charge in [0, 0.05) is 23.6 Å². The first-order valence-corrected chi connectivity index (χ1v) is 9.41. The van der Waals surface area contributed by atoms with Crippen LogP contribution in [0.25, 0.3) is 10.9 Å². The lowest BCUT2D eigenvalue weighted by Crippen LogP contribution is -2.32. The minimum Gasteiger partial charge on any atom is -0.493 e. The van der Waals surface area contributed by atoms with Crippen molar-refractivity contribution in [1.82, 2.24) is 14.9 Å². The first kappa shape index (κ1) is 19.9. The van der Waals surface area contributed by atoms with Gasteiger partial charge in [0.05, 0.1) is 30.7 Å². The normalized spacial score (nSPS) is 10.7. The van der Waals surface area contributed by atoms with Gasteiger partial charge < -0.3 is 14.8 Å². The fourth-order valence-corrected chi connectivity index (χ4v) is 3.41. The van der Waals surface area contributed by atoms with Crippen molar-refractivity contribution in [1.29, 1.82) is 0 Å². The molecule has 0 aliphatic carbocycles. The quantitative estimate of drug-likeness (QED) is 0.630. The van der Waals surface area contributed by atoms with E-state index in [2.05, 4.69) is 26.2 Å². The number of hydrogen-bond acceptors (Lipinski definition) is 5. The third-order valence-corrected chi connectivity index (χ3v) is 5.08. The summed E-state index contributed by atoms with van der Waals surface area (Å²) in [5.74, 6) is 1.32. The highest BCUT2D eigenvalue weighted by Crippen LogP contribution is 2.30. The van der Waals surface area contributed by atoms with E-state index in [-0.39, 0.29) is 11.5 Å². The average Bonchev–Trinajstić information content (AvgIpc) is 2.69. The minimum atomic E-state index is -0.210. The molecule has 146 valence electrons. The Bertz CT molecular complexity index is 1090. The molecule has 1 aromatic heterocycles. The van der Waals surface area contributed by atoms with E-state index in [1.807, 2.05) is 6.07 Å². The van der Waals surface area contributed by atoms with Gasteiger partial charge in [-0.15, -0.1) is 0 Å². The van der Waals surface area contributed by atoms with Gasteiger partial charge in [0.15, 0.2) is 11.5 Å². The number of halogens is 1. The molecule has 8 heteroatoms. The Labute approximate surface area is 170 Å². The topological polar surface area (TPSA) is 82.5 Å². The van der Waals surface area contributed by atoms with Crippen LogP contribution in [0.2, 0.25) is 0 Å². The molecule has 2 aromatic carbocycles. The highest BCUT2D eigenvalue weighted by molar-refractivity contribution is 9.10. The second kappa shape index (κ2) is 8.43. The largest absolute Gasteiger partial charge is 0.493 e. The molecule has 0 unspecified atom stereocenters. The van der Waals surface area contributed by atoms with Gasteiger partial charge in [-0.25, -0.2) is 4.98 Å². The molecule has 0 aliphatic heterocycles. The summed E-state index contributed by atoms with van der Waals surface area (Å²) in [6, 6.07) is 10.5. The zero-order chi connectivity index (χ0) is 20.3. The first-order valence-electron chi connectivity index (χ1n) is 8.62. The fourth-order valence-electron chi connectivity index (χ4n) is 2.94. The number of rotatable bonds is 6. The van der Waals surface area contributed by atoms with Crippen molar-refractivity contribution in [3.63, 3.8) is 0 Å². The summed E-state index contributed by atoms with van der Waals surface area (Å²) in [6.07, 6.45) is 0. The number of benzene rings is 2. The number of aryl methyl sites for hydroxylation is 1. The molecule has 0 saturated carbocycles. The van der Waals surface area contributed by atoms with E-state index in [9.17, 15) is 9.59 Å². The van der Waals surface area contributed by atoms with Gasteiger partial charge in [-0.1, -0.05) is 12.1 Å². The number of methoxy groups -OCH3 is 2. The summed E-state index contributed by atoms with van der Waals surface area (Å²) in [5, 5.41) is 3.26. The highest BCUT2D eigenvalue weighted by atomic mass is 79.9. The number of ether oxygens (including phenoxy) is 2. The van der Waals surface area contributed by atoms with Crippen LogP contribution in [0, 0.1) is 6.92 Å². The van der Waals surface area contributed by atoms with Crippen LogP contribution in [-0.4, -0.2) is 36.2 Å². The fraction of sp³-hybridized carbons (Fsp3) is 0.250. The first-order chi connectivity index (χ1) is 13.5. The third kappa shape index (κ3) is 3.87. The van der Waals surface area contributed by atoms with Crippen LogP contribution in [-0.2, 0) is 6.54 Å². The number of carbonyl (C=O) groups excluding carboxylic acids is 1. The van der Waals surface area contributed by atoms with Gasteiger partial charge in [-0.05, 0) is 41.1 Å². The monoisotopic (exact) mass is 445 g/mol. The summed E-state index contributed by atoms with van der Waals surface area (Å²) in [4.78, 5) is 29.7. The second-order valence-corrected chi connectivity index (χ2v) is 6.93. The van der Waals surface area contributed by atoms with Gasteiger partial charge in [0.2, 0.25) is 0 Å². The summed E-state index contributed by atoms with van der Waals surface area (Å²) >= 11 is 3.36. The predicted octanol–water partition coefficient (Wildman–Crippen LogP) is 2.91. The maximum atomic E-state index is 12.9. The van der Waals surface area contributed by atoms with Crippen molar-refractivity contribution < 1.29 is 14.3 Å². The summed E-state index contributed by atoms with van der Waals surface area (Å²) in [5.41, 5.74) is 0.882. The Morgan fingerprint density at radius 1 is 1.18 bits per heavy atom. The molecular weight excluding hydrogens is 426 g/mol. The molecule has 0 fully saturated rings. The maximum absolute atomic E-state index is 12.9. The zero-order valence-electron chi connectivity index (χ0n) is 15.8. The third-order valence-electron chi connectivity index (χ3n) is 4.39. The standard InChI is InChI=1S/C20H20BrN3O4/c1-12-23-16-11-18(28-3)17(27-2)10-14(16)20(26)24(12)9-8-22-19(25)13-6-4-5-7-15(13)21/h4-7,10-11H,8-9H2,1-3H3,(H,22,25). The van der Waals surface area contributed by atoms with E-state index >= 15 is 0 Å². The summed E-state index contributed by atoms with van der Waals surface area (Å²) in [6.45, 7) is 2.35. The molecule has 0 spiro atoms. The Balaban J connectivity index is 1.84. The Kier molecular flexibility index (Phi) is 5.99. The lowest BCUT2D eigenvalue weighted by Gasteiger charge is -2.14. The van der Waals surface area contributed by atoms with Crippen molar-refractivity contribution in [3.05, 3.63) is 62.6 Å². The molecule has 3 aromatic rings. The van der Waals surface area contributed by atoms with Gasteiger partial charge in [-0.3, -0.25) is 14.2 Å². The van der Waals surface area contributed by atoms with Gasteiger partial charge >= 0.3 is 0 Å². The van der Waals surface area contributed by atoms with Crippen LogP contribution < -0.4 is 20.3 Å². The molecule has 0 radical (unpaired) electrons. The van der Waals surface area contributed by atoms with E-state index in [1.165, 1.54) is 18.8 Å². The number of amides is 1. The van der Waals surface area contributed by atoms with Crippen molar-refractivity contribution in [3.8, 4) is 11.5 Å². The van der Waals surface area contributed by atoms with E-state index in [0.717, 1.165) is 0 Å².